The smallest absolute Gasteiger partial charge is 0.229 e. The number of nitriles is 1. The van der Waals surface area contributed by atoms with Crippen LogP contribution in [0.4, 0.5) is 17.5 Å². The van der Waals surface area contributed by atoms with E-state index in [0.717, 1.165) is 34.6 Å². The van der Waals surface area contributed by atoms with Gasteiger partial charge in [0, 0.05) is 24.9 Å². The number of rotatable bonds is 6. The van der Waals surface area contributed by atoms with Crippen molar-refractivity contribution in [2.75, 3.05) is 17.2 Å². The lowest BCUT2D eigenvalue weighted by atomic mass is 10.2. The minimum atomic E-state index is 0.0918. The van der Waals surface area contributed by atoms with Crippen LogP contribution in [0.3, 0.4) is 0 Å². The van der Waals surface area contributed by atoms with E-state index in [-0.39, 0.29) is 12.0 Å². The zero-order valence-electron chi connectivity index (χ0n) is 13.3. The first-order valence-corrected chi connectivity index (χ1v) is 9.01. The van der Waals surface area contributed by atoms with Gasteiger partial charge in [0.1, 0.15) is 5.82 Å². The quantitative estimate of drug-likeness (QED) is 0.786. The molecule has 7 nitrogen and oxygen atoms in total. The maximum absolute atomic E-state index is 9.04. The molecule has 2 saturated carbocycles. The van der Waals surface area contributed by atoms with E-state index in [1.54, 1.807) is 6.20 Å². The summed E-state index contributed by atoms with van der Waals surface area (Å²) in [6.07, 6.45) is 6.96. The van der Waals surface area contributed by atoms with Crippen molar-refractivity contribution < 1.29 is 0 Å². The molecule has 24 heavy (non-hydrogen) atoms. The van der Waals surface area contributed by atoms with Crippen LogP contribution in [0.1, 0.15) is 43.8 Å². The molecule has 2 N–H and O–H groups in total. The minimum absolute atomic E-state index is 0.0918. The number of aromatic nitrogens is 4. The van der Waals surface area contributed by atoms with Gasteiger partial charge in [-0.25, -0.2) is 4.98 Å². The van der Waals surface area contributed by atoms with Crippen molar-refractivity contribution in [2.24, 2.45) is 5.92 Å². The van der Waals surface area contributed by atoms with Crippen LogP contribution in [0.25, 0.3) is 0 Å². The van der Waals surface area contributed by atoms with E-state index in [1.165, 1.54) is 12.8 Å². The molecule has 0 amide bonds. The molecule has 8 heteroatoms. The van der Waals surface area contributed by atoms with Crippen LogP contribution < -0.4 is 10.6 Å². The molecule has 0 radical (unpaired) electrons. The number of hydrogen-bond acceptors (Lipinski definition) is 6. The molecule has 0 saturated heterocycles. The summed E-state index contributed by atoms with van der Waals surface area (Å²) in [5.41, 5.74) is 2.01. The standard InChI is InChI=1S/C16H18BrN7/c1-2-19-15-11(17)7-20-16(22-15)21-12-8-24(13-5-10(13)6-18)23-14(12)9-3-4-9/h7-10,13H,2-5H2,1H3,(H2,19,20,21,22)/t10-,13?/m1/s1. The fourth-order valence-electron chi connectivity index (χ4n) is 2.78. The molecule has 0 spiro atoms. The third-order valence-corrected chi connectivity index (χ3v) is 4.90. The van der Waals surface area contributed by atoms with Crippen molar-refractivity contribution in [1.82, 2.24) is 19.7 Å². The van der Waals surface area contributed by atoms with Crippen LogP contribution in [0, 0.1) is 17.2 Å². The molecule has 124 valence electrons. The van der Waals surface area contributed by atoms with Gasteiger partial charge >= 0.3 is 0 Å². The van der Waals surface area contributed by atoms with Gasteiger partial charge in [0.05, 0.1) is 33.9 Å². The Bertz CT molecular complexity index is 805. The molecular formula is C16H18BrN7. The maximum Gasteiger partial charge on any atom is 0.229 e. The number of halogens is 1. The monoisotopic (exact) mass is 387 g/mol. The Labute approximate surface area is 148 Å². The highest BCUT2D eigenvalue weighted by Crippen LogP contribution is 2.47. The summed E-state index contributed by atoms with van der Waals surface area (Å²) >= 11 is 3.45. The van der Waals surface area contributed by atoms with Gasteiger partial charge < -0.3 is 10.6 Å². The molecule has 1 unspecified atom stereocenters. The van der Waals surface area contributed by atoms with Crippen LogP contribution in [-0.4, -0.2) is 26.3 Å². The first kappa shape index (κ1) is 15.4. The molecule has 2 aliphatic carbocycles. The van der Waals surface area contributed by atoms with Gasteiger partial charge in [-0.1, -0.05) is 0 Å². The number of nitrogens with zero attached hydrogens (tertiary/aromatic N) is 5. The van der Waals surface area contributed by atoms with E-state index in [2.05, 4.69) is 42.6 Å². The molecule has 2 fully saturated rings. The Hall–Kier alpha value is -2.14. The van der Waals surface area contributed by atoms with Gasteiger partial charge in [0.25, 0.3) is 0 Å². The van der Waals surface area contributed by atoms with E-state index in [0.29, 0.717) is 11.9 Å². The van der Waals surface area contributed by atoms with E-state index in [4.69, 9.17) is 10.4 Å². The van der Waals surface area contributed by atoms with Crippen molar-refractivity contribution in [3.05, 3.63) is 22.6 Å². The second kappa shape index (κ2) is 6.06. The van der Waals surface area contributed by atoms with Gasteiger partial charge in [-0.15, -0.1) is 0 Å². The van der Waals surface area contributed by atoms with Crippen molar-refractivity contribution in [2.45, 2.75) is 38.1 Å². The highest BCUT2D eigenvalue weighted by Gasteiger charge is 2.41. The summed E-state index contributed by atoms with van der Waals surface area (Å²) in [5.74, 6) is 1.91. The summed E-state index contributed by atoms with van der Waals surface area (Å²) in [6.45, 7) is 2.82. The molecule has 2 aromatic rings. The minimum Gasteiger partial charge on any atom is -0.369 e. The Morgan fingerprint density at radius 1 is 1.46 bits per heavy atom. The van der Waals surface area contributed by atoms with E-state index < -0.39 is 0 Å². The van der Waals surface area contributed by atoms with Crippen molar-refractivity contribution >= 4 is 33.4 Å². The predicted octanol–water partition coefficient (Wildman–Crippen LogP) is 3.57. The first-order valence-electron chi connectivity index (χ1n) is 8.21. The number of hydrogen-bond donors (Lipinski definition) is 2. The van der Waals surface area contributed by atoms with E-state index in [9.17, 15) is 0 Å². The van der Waals surface area contributed by atoms with Gasteiger partial charge in [0.15, 0.2) is 0 Å². The normalized spacial score (nSPS) is 22.0. The Kier molecular flexibility index (Phi) is 3.88. The second-order valence-electron chi connectivity index (χ2n) is 6.27. The van der Waals surface area contributed by atoms with Crippen LogP contribution >= 0.6 is 15.9 Å². The zero-order valence-corrected chi connectivity index (χ0v) is 14.9. The van der Waals surface area contributed by atoms with Gasteiger partial charge in [-0.3, -0.25) is 4.68 Å². The maximum atomic E-state index is 9.04. The number of anilines is 3. The SMILES string of the molecule is CCNc1nc(Nc2cn(C3C[C@@H]3C#N)nc2C2CC2)ncc1Br. The molecule has 0 aromatic carbocycles. The summed E-state index contributed by atoms with van der Waals surface area (Å²) in [7, 11) is 0. The van der Waals surface area contributed by atoms with Crippen molar-refractivity contribution in [3.8, 4) is 6.07 Å². The molecule has 0 bridgehead atoms. The molecule has 2 heterocycles. The summed E-state index contributed by atoms with van der Waals surface area (Å²) in [4.78, 5) is 8.85. The lowest BCUT2D eigenvalue weighted by Gasteiger charge is -2.08. The average Bonchev–Trinajstić information content (AvgIpc) is 3.49. The summed E-state index contributed by atoms with van der Waals surface area (Å²) < 4.78 is 2.77. The highest BCUT2D eigenvalue weighted by atomic mass is 79.9. The van der Waals surface area contributed by atoms with Gasteiger partial charge in [-0.2, -0.15) is 15.3 Å². The molecule has 2 aromatic heterocycles. The van der Waals surface area contributed by atoms with Crippen LogP contribution in [0.5, 0.6) is 0 Å². The third kappa shape index (κ3) is 2.96. The fraction of sp³-hybridized carbons (Fsp3) is 0.500. The molecule has 4 rings (SSSR count). The number of nitrogens with one attached hydrogen (secondary N) is 2. The fourth-order valence-corrected chi connectivity index (χ4v) is 3.11. The van der Waals surface area contributed by atoms with Gasteiger partial charge in [-0.05, 0) is 42.1 Å². The largest absolute Gasteiger partial charge is 0.369 e. The summed E-state index contributed by atoms with van der Waals surface area (Å²) in [5, 5.41) is 20.3. The molecule has 0 aliphatic heterocycles. The predicted molar refractivity (Wildman–Crippen MR) is 94.1 cm³/mol. The third-order valence-electron chi connectivity index (χ3n) is 4.32. The lowest BCUT2D eigenvalue weighted by Crippen LogP contribution is -2.04. The van der Waals surface area contributed by atoms with E-state index >= 15 is 0 Å². The Morgan fingerprint density at radius 2 is 2.29 bits per heavy atom. The van der Waals surface area contributed by atoms with Crippen molar-refractivity contribution in [1.29, 1.82) is 5.26 Å². The highest BCUT2D eigenvalue weighted by molar-refractivity contribution is 9.10. The molecule has 2 atom stereocenters. The van der Waals surface area contributed by atoms with E-state index in [1.807, 2.05) is 17.8 Å². The molecular weight excluding hydrogens is 370 g/mol. The topological polar surface area (TPSA) is 91.5 Å². The lowest BCUT2D eigenvalue weighted by molar-refractivity contribution is 0.611. The van der Waals surface area contributed by atoms with Crippen LogP contribution in [0.2, 0.25) is 0 Å². The van der Waals surface area contributed by atoms with Crippen LogP contribution in [-0.2, 0) is 0 Å². The molecule has 2 aliphatic rings. The average molecular weight is 388 g/mol. The zero-order chi connectivity index (χ0) is 16.7. The Balaban J connectivity index is 1.60. The van der Waals surface area contributed by atoms with Crippen molar-refractivity contribution in [3.63, 3.8) is 0 Å². The van der Waals surface area contributed by atoms with Gasteiger partial charge in [0.2, 0.25) is 5.95 Å². The first-order chi connectivity index (χ1) is 11.7. The van der Waals surface area contributed by atoms with Crippen LogP contribution in [0.15, 0.2) is 16.9 Å². The summed E-state index contributed by atoms with van der Waals surface area (Å²) in [6, 6.07) is 2.53. The Morgan fingerprint density at radius 3 is 2.96 bits per heavy atom. The second-order valence-corrected chi connectivity index (χ2v) is 7.12.